The first-order valence-corrected chi connectivity index (χ1v) is 12.3. The van der Waals surface area contributed by atoms with Crippen LogP contribution in [0.15, 0.2) is 54.2 Å². The summed E-state index contributed by atoms with van der Waals surface area (Å²) in [6.45, 7) is 7.59. The van der Waals surface area contributed by atoms with Gasteiger partial charge in [-0.15, -0.1) is 16.8 Å². The Morgan fingerprint density at radius 3 is 2.67 bits per heavy atom. The Morgan fingerprint density at radius 2 is 2.00 bits per heavy atom. The normalized spacial score (nSPS) is 11.6. The van der Waals surface area contributed by atoms with Crippen LogP contribution in [0.25, 0.3) is 0 Å². The second kappa shape index (κ2) is 12.0. The fraction of sp³-hybridized carbons (Fsp3) is 0.217. The van der Waals surface area contributed by atoms with E-state index in [0.717, 1.165) is 11.8 Å². The van der Waals surface area contributed by atoms with Crippen molar-refractivity contribution in [3.8, 4) is 0 Å². The zero-order chi connectivity index (χ0) is 26.4. The molecule has 1 unspecified atom stereocenters. The summed E-state index contributed by atoms with van der Waals surface area (Å²) in [5, 5.41) is 26.0. The van der Waals surface area contributed by atoms with Crippen molar-refractivity contribution in [1.29, 1.82) is 0 Å². The van der Waals surface area contributed by atoms with E-state index in [4.69, 9.17) is 23.2 Å². The van der Waals surface area contributed by atoms with Gasteiger partial charge in [0.1, 0.15) is 0 Å². The number of hydrogen-bond acceptors (Lipinski definition) is 7. The highest BCUT2D eigenvalue weighted by Crippen LogP contribution is 2.25. The molecule has 0 saturated heterocycles. The summed E-state index contributed by atoms with van der Waals surface area (Å²) in [4.78, 5) is 35.7. The number of nitro benzene ring substituents is 1. The predicted molar refractivity (Wildman–Crippen MR) is 140 cm³/mol. The van der Waals surface area contributed by atoms with Gasteiger partial charge in [0, 0.05) is 23.7 Å². The molecule has 36 heavy (non-hydrogen) atoms. The van der Waals surface area contributed by atoms with E-state index in [1.54, 1.807) is 36.6 Å². The first kappa shape index (κ1) is 27.2. The molecule has 1 aromatic heterocycles. The van der Waals surface area contributed by atoms with E-state index in [1.807, 2.05) is 0 Å². The molecule has 0 aliphatic carbocycles. The highest BCUT2D eigenvalue weighted by molar-refractivity contribution is 7.99. The molecule has 0 bridgehead atoms. The van der Waals surface area contributed by atoms with Gasteiger partial charge in [-0.3, -0.25) is 19.7 Å². The van der Waals surface area contributed by atoms with Crippen LogP contribution < -0.4 is 10.6 Å². The van der Waals surface area contributed by atoms with Crippen LogP contribution in [0.3, 0.4) is 0 Å². The molecule has 1 atom stereocenters. The summed E-state index contributed by atoms with van der Waals surface area (Å²) in [7, 11) is 0. The molecule has 2 N–H and O–H groups in total. The topological polar surface area (TPSA) is 132 Å². The number of aryl methyl sites for hydroxylation is 1. The van der Waals surface area contributed by atoms with Gasteiger partial charge in [-0.1, -0.05) is 47.1 Å². The number of aromatic nitrogens is 3. The lowest BCUT2D eigenvalue weighted by molar-refractivity contribution is -0.384. The second-order valence-electron chi connectivity index (χ2n) is 7.65. The van der Waals surface area contributed by atoms with Crippen LogP contribution in [-0.4, -0.2) is 37.3 Å². The van der Waals surface area contributed by atoms with Crippen molar-refractivity contribution in [2.75, 3.05) is 11.1 Å². The lowest BCUT2D eigenvalue weighted by Gasteiger charge is -2.16. The number of benzene rings is 2. The molecule has 0 aliphatic heterocycles. The van der Waals surface area contributed by atoms with Gasteiger partial charge in [0.25, 0.3) is 11.6 Å². The van der Waals surface area contributed by atoms with Crippen molar-refractivity contribution in [2.45, 2.75) is 31.6 Å². The quantitative estimate of drug-likeness (QED) is 0.154. The number of anilines is 1. The van der Waals surface area contributed by atoms with Crippen LogP contribution >= 0.6 is 35.0 Å². The van der Waals surface area contributed by atoms with Crippen molar-refractivity contribution in [3.05, 3.63) is 86.2 Å². The number of carbonyl (C=O) groups excluding carboxylic acids is 2. The molecule has 0 aliphatic rings. The SMILES string of the molecule is C=CCn1c(SCC(=O)Nc2cc([N+](=O)[O-])ccc2C)nnc1C(C)NC(=O)c1ccc(Cl)cc1Cl. The number of nitrogens with zero attached hydrogens (tertiary/aromatic N) is 4. The summed E-state index contributed by atoms with van der Waals surface area (Å²) < 4.78 is 1.73. The Labute approximate surface area is 221 Å². The van der Waals surface area contributed by atoms with Crippen molar-refractivity contribution < 1.29 is 14.5 Å². The van der Waals surface area contributed by atoms with Crippen LogP contribution in [0.4, 0.5) is 11.4 Å². The van der Waals surface area contributed by atoms with Gasteiger partial charge in [-0.05, 0) is 37.6 Å². The first-order valence-electron chi connectivity index (χ1n) is 10.6. The van der Waals surface area contributed by atoms with Gasteiger partial charge in [0.05, 0.1) is 33.0 Å². The number of non-ortho nitro benzene ring substituents is 1. The molecular formula is C23H22Cl2N6O4S. The number of nitrogens with one attached hydrogen (secondary N) is 2. The van der Waals surface area contributed by atoms with Gasteiger partial charge in [0.2, 0.25) is 5.91 Å². The Bertz CT molecular complexity index is 1330. The maximum atomic E-state index is 12.7. The zero-order valence-electron chi connectivity index (χ0n) is 19.3. The Balaban J connectivity index is 1.70. The molecule has 3 rings (SSSR count). The number of rotatable bonds is 10. The molecule has 188 valence electrons. The van der Waals surface area contributed by atoms with Gasteiger partial charge in [-0.2, -0.15) is 0 Å². The minimum absolute atomic E-state index is 0.0153. The number of nitro groups is 1. The molecule has 0 spiro atoms. The molecule has 0 saturated carbocycles. The molecule has 2 aromatic carbocycles. The van der Waals surface area contributed by atoms with Crippen molar-refractivity contribution in [1.82, 2.24) is 20.1 Å². The third-order valence-corrected chi connectivity index (χ3v) is 6.52. The zero-order valence-corrected chi connectivity index (χ0v) is 21.7. The summed E-state index contributed by atoms with van der Waals surface area (Å²) in [6, 6.07) is 8.31. The van der Waals surface area contributed by atoms with E-state index in [2.05, 4.69) is 27.4 Å². The highest BCUT2D eigenvalue weighted by atomic mass is 35.5. The number of amides is 2. The van der Waals surface area contributed by atoms with Crippen LogP contribution in [0, 0.1) is 17.0 Å². The Morgan fingerprint density at radius 1 is 1.25 bits per heavy atom. The van der Waals surface area contributed by atoms with E-state index < -0.39 is 16.9 Å². The maximum absolute atomic E-state index is 12.7. The van der Waals surface area contributed by atoms with Gasteiger partial charge >= 0.3 is 0 Å². The summed E-state index contributed by atoms with van der Waals surface area (Å²) >= 11 is 13.2. The molecule has 3 aromatic rings. The molecule has 10 nitrogen and oxygen atoms in total. The van der Waals surface area contributed by atoms with E-state index in [0.29, 0.717) is 33.8 Å². The Hall–Kier alpha value is -3.41. The minimum atomic E-state index is -0.535. The van der Waals surface area contributed by atoms with Crippen molar-refractivity contribution in [3.63, 3.8) is 0 Å². The largest absolute Gasteiger partial charge is 0.342 e. The number of halogens is 2. The number of allylic oxidation sites excluding steroid dienone is 1. The third kappa shape index (κ3) is 6.62. The molecular weight excluding hydrogens is 527 g/mol. The van der Waals surface area contributed by atoms with E-state index in [1.165, 1.54) is 24.3 Å². The summed E-state index contributed by atoms with van der Waals surface area (Å²) in [5.41, 5.74) is 1.21. The maximum Gasteiger partial charge on any atom is 0.271 e. The van der Waals surface area contributed by atoms with Gasteiger partial charge < -0.3 is 15.2 Å². The fourth-order valence-electron chi connectivity index (χ4n) is 3.21. The number of thioether (sulfide) groups is 1. The summed E-state index contributed by atoms with van der Waals surface area (Å²) in [5.74, 6) is -0.320. The monoisotopic (exact) mass is 548 g/mol. The smallest absolute Gasteiger partial charge is 0.271 e. The number of carbonyl (C=O) groups is 2. The van der Waals surface area contributed by atoms with Crippen molar-refractivity contribution >= 4 is 58.2 Å². The van der Waals surface area contributed by atoms with Crippen molar-refractivity contribution in [2.24, 2.45) is 0 Å². The molecule has 2 amide bonds. The lowest BCUT2D eigenvalue weighted by Crippen LogP contribution is -2.29. The number of hydrogen-bond donors (Lipinski definition) is 2. The van der Waals surface area contributed by atoms with Crippen LogP contribution in [0.2, 0.25) is 10.0 Å². The van der Waals surface area contributed by atoms with E-state index in [9.17, 15) is 19.7 Å². The van der Waals surface area contributed by atoms with Gasteiger partial charge in [0.15, 0.2) is 11.0 Å². The average Bonchev–Trinajstić information content (AvgIpc) is 3.21. The summed E-state index contributed by atoms with van der Waals surface area (Å²) in [6.07, 6.45) is 1.65. The molecule has 0 radical (unpaired) electrons. The third-order valence-electron chi connectivity index (χ3n) is 5.01. The second-order valence-corrected chi connectivity index (χ2v) is 9.44. The first-order chi connectivity index (χ1) is 17.1. The fourth-order valence-corrected chi connectivity index (χ4v) is 4.46. The molecule has 1 heterocycles. The lowest BCUT2D eigenvalue weighted by atomic mass is 10.2. The van der Waals surface area contributed by atoms with Crippen LogP contribution in [0.5, 0.6) is 0 Å². The Kier molecular flexibility index (Phi) is 9.08. The average molecular weight is 549 g/mol. The van der Waals surface area contributed by atoms with E-state index >= 15 is 0 Å². The standard InChI is InChI=1S/C23H22Cl2N6O4S/c1-4-9-30-21(14(3)26-22(33)17-8-6-15(24)10-18(17)25)28-29-23(30)36-12-20(32)27-19-11-16(31(34)35)7-5-13(19)2/h4-8,10-11,14H,1,9,12H2,2-3H3,(H,26,33)(H,27,32). The molecule has 0 fully saturated rings. The van der Waals surface area contributed by atoms with Crippen LogP contribution in [0.1, 0.15) is 34.7 Å². The van der Waals surface area contributed by atoms with Crippen LogP contribution in [-0.2, 0) is 11.3 Å². The molecule has 13 heteroatoms. The highest BCUT2D eigenvalue weighted by Gasteiger charge is 2.22. The van der Waals surface area contributed by atoms with E-state index in [-0.39, 0.29) is 27.9 Å². The minimum Gasteiger partial charge on any atom is -0.342 e. The van der Waals surface area contributed by atoms with Gasteiger partial charge in [-0.25, -0.2) is 0 Å². The predicted octanol–water partition coefficient (Wildman–Crippen LogP) is 5.21.